The van der Waals surface area contributed by atoms with E-state index in [0.29, 0.717) is 35.9 Å². The van der Waals surface area contributed by atoms with Crippen LogP contribution in [0.3, 0.4) is 0 Å². The van der Waals surface area contributed by atoms with Crippen LogP contribution in [-0.2, 0) is 9.47 Å². The summed E-state index contributed by atoms with van der Waals surface area (Å²) in [6.07, 6.45) is 1.47. The fourth-order valence-electron chi connectivity index (χ4n) is 4.13. The zero-order chi connectivity index (χ0) is 26.9. The Morgan fingerprint density at radius 1 is 1.22 bits per heavy atom. The van der Waals surface area contributed by atoms with E-state index in [-0.39, 0.29) is 29.3 Å². The van der Waals surface area contributed by atoms with Crippen LogP contribution in [0.5, 0.6) is 11.5 Å². The number of nitrogens with zero attached hydrogens (tertiary/aromatic N) is 3. The topological polar surface area (TPSA) is 127 Å². The van der Waals surface area contributed by atoms with Crippen LogP contribution in [0.2, 0.25) is 0 Å². The number of hydrogen-bond acceptors (Lipinski definition) is 10. The van der Waals surface area contributed by atoms with Crippen molar-refractivity contribution in [3.05, 3.63) is 35.3 Å². The highest BCUT2D eigenvalue weighted by molar-refractivity contribution is 5.91. The van der Waals surface area contributed by atoms with E-state index in [0.717, 1.165) is 0 Å². The number of benzene rings is 1. The van der Waals surface area contributed by atoms with Gasteiger partial charge in [-0.3, -0.25) is 0 Å². The highest BCUT2D eigenvalue weighted by atomic mass is 19.1. The summed E-state index contributed by atoms with van der Waals surface area (Å²) in [6.45, 7) is 6.01. The Hall–Kier alpha value is -3.64. The average molecular weight is 518 g/mol. The Bertz CT molecular complexity index is 1200. The number of aliphatic hydroxyl groups is 1. The van der Waals surface area contributed by atoms with Crippen LogP contribution in [-0.4, -0.2) is 79.6 Å². The number of methoxy groups -OCH3 is 2. The molecule has 0 aliphatic carbocycles. The number of alkyl carbamates (subject to hydrolysis) is 1. The molecule has 11 nitrogen and oxygen atoms in total. The second-order valence-corrected chi connectivity index (χ2v) is 9.79. The summed E-state index contributed by atoms with van der Waals surface area (Å²) in [5.41, 5.74) is 0.410. The molecule has 1 aromatic carbocycles. The number of carbonyl (C=O) groups excluding carboxylic acids is 1. The minimum atomic E-state index is -1.20. The Balaban J connectivity index is 1.57. The van der Waals surface area contributed by atoms with Gasteiger partial charge < -0.3 is 39.6 Å². The molecule has 3 atom stereocenters. The average Bonchev–Trinajstić information content (AvgIpc) is 3.26. The van der Waals surface area contributed by atoms with Crippen LogP contribution < -0.4 is 25.0 Å². The number of nitrogens with one attached hydrogen (secondary N) is 2. The monoisotopic (exact) mass is 517 g/mol. The molecule has 0 bridgehead atoms. The summed E-state index contributed by atoms with van der Waals surface area (Å²) in [4.78, 5) is 22.7. The maximum atomic E-state index is 15.1. The number of amides is 1. The van der Waals surface area contributed by atoms with E-state index in [9.17, 15) is 9.90 Å². The molecule has 200 valence electrons. The number of likely N-dealkylation sites (N-methyl/N-ethyl adjacent to an activating group) is 1. The van der Waals surface area contributed by atoms with Gasteiger partial charge in [0.2, 0.25) is 5.95 Å². The summed E-state index contributed by atoms with van der Waals surface area (Å²) >= 11 is 0. The molecule has 4 rings (SSSR count). The van der Waals surface area contributed by atoms with Gasteiger partial charge in [-0.05, 0) is 32.9 Å². The van der Waals surface area contributed by atoms with Gasteiger partial charge in [0.25, 0.3) is 0 Å². The second-order valence-electron chi connectivity index (χ2n) is 9.79. The zero-order valence-electron chi connectivity index (χ0n) is 21.7. The molecule has 12 heteroatoms. The normalized spacial score (nSPS) is 21.1. The van der Waals surface area contributed by atoms with E-state index < -0.39 is 23.7 Å². The Labute approximate surface area is 214 Å². The van der Waals surface area contributed by atoms with Crippen molar-refractivity contribution in [1.82, 2.24) is 15.3 Å². The third kappa shape index (κ3) is 5.70. The summed E-state index contributed by atoms with van der Waals surface area (Å²) < 4.78 is 36.4. The standard InChI is InChI=1S/C25H32FN5O6/c1-25(2,3)37-24(33)29-18-12-36-11-17(18)28-23-27-10-13-7-16(22(32)31(4)21(13)30-23)15-8-14(34-5)9-19(35-6)20(15)26/h7-10,17-18,22,32H,11-12H2,1-6H3,(H,29,33)(H,27,28,30)/t17-,18+,22?/m1/s1. The van der Waals surface area contributed by atoms with Gasteiger partial charge in [0.15, 0.2) is 17.8 Å². The van der Waals surface area contributed by atoms with Crippen molar-refractivity contribution < 1.29 is 33.2 Å². The quantitative estimate of drug-likeness (QED) is 0.526. The number of hydrogen-bond donors (Lipinski definition) is 3. The van der Waals surface area contributed by atoms with Gasteiger partial charge in [-0.2, -0.15) is 4.98 Å². The van der Waals surface area contributed by atoms with Gasteiger partial charge in [-0.25, -0.2) is 14.2 Å². The maximum absolute atomic E-state index is 15.1. The smallest absolute Gasteiger partial charge is 0.408 e. The molecule has 0 spiro atoms. The molecule has 3 N–H and O–H groups in total. The first-order chi connectivity index (χ1) is 17.5. The van der Waals surface area contributed by atoms with Crippen molar-refractivity contribution in [1.29, 1.82) is 0 Å². The molecular formula is C25H32FN5O6. The molecule has 2 aliphatic rings. The Morgan fingerprint density at radius 2 is 1.95 bits per heavy atom. The summed E-state index contributed by atoms with van der Waals surface area (Å²) in [5, 5.41) is 17.0. The summed E-state index contributed by atoms with van der Waals surface area (Å²) in [7, 11) is 4.48. The maximum Gasteiger partial charge on any atom is 0.408 e. The number of aromatic nitrogens is 2. The van der Waals surface area contributed by atoms with Crippen LogP contribution in [0.15, 0.2) is 18.3 Å². The molecule has 37 heavy (non-hydrogen) atoms. The van der Waals surface area contributed by atoms with Gasteiger partial charge in [0, 0.05) is 36.0 Å². The van der Waals surface area contributed by atoms with E-state index in [1.54, 1.807) is 40.1 Å². The van der Waals surface area contributed by atoms with Crippen molar-refractivity contribution in [3.63, 3.8) is 0 Å². The lowest BCUT2D eigenvalue weighted by molar-refractivity contribution is 0.0497. The summed E-state index contributed by atoms with van der Waals surface area (Å²) in [6, 6.07) is 2.29. The van der Waals surface area contributed by atoms with E-state index >= 15 is 4.39 Å². The third-order valence-corrected chi connectivity index (χ3v) is 5.96. The predicted molar refractivity (Wildman–Crippen MR) is 135 cm³/mol. The fraction of sp³-hybridized carbons (Fsp3) is 0.480. The van der Waals surface area contributed by atoms with Gasteiger partial charge >= 0.3 is 6.09 Å². The largest absolute Gasteiger partial charge is 0.497 e. The molecule has 1 aromatic heterocycles. The van der Waals surface area contributed by atoms with Crippen LogP contribution in [0.4, 0.5) is 21.0 Å². The molecule has 1 unspecified atom stereocenters. The SMILES string of the molecule is COc1cc(OC)c(F)c(C2=Cc3cnc(N[C@@H]4COC[C@@H]4NC(=O)OC(C)(C)C)nc3N(C)C2O)c1. The number of rotatable bonds is 6. The third-order valence-electron chi connectivity index (χ3n) is 5.96. The minimum absolute atomic E-state index is 0.0000239. The number of carbonyl (C=O) groups is 1. The highest BCUT2D eigenvalue weighted by Crippen LogP contribution is 2.39. The molecule has 0 saturated carbocycles. The number of aliphatic hydroxyl groups excluding tert-OH is 1. The van der Waals surface area contributed by atoms with E-state index in [1.165, 1.54) is 31.3 Å². The van der Waals surface area contributed by atoms with Gasteiger partial charge in [0.05, 0.1) is 39.5 Å². The van der Waals surface area contributed by atoms with Crippen LogP contribution in [0.1, 0.15) is 31.9 Å². The van der Waals surface area contributed by atoms with E-state index in [1.807, 2.05) is 0 Å². The van der Waals surface area contributed by atoms with Crippen molar-refractivity contribution in [2.75, 3.05) is 44.7 Å². The van der Waals surface area contributed by atoms with Crippen LogP contribution in [0, 0.1) is 5.82 Å². The predicted octanol–water partition coefficient (Wildman–Crippen LogP) is 2.65. The zero-order valence-corrected chi connectivity index (χ0v) is 21.7. The first-order valence-electron chi connectivity index (χ1n) is 11.8. The van der Waals surface area contributed by atoms with Gasteiger partial charge in [-0.15, -0.1) is 0 Å². The minimum Gasteiger partial charge on any atom is -0.497 e. The number of fused-ring (bicyclic) bond motifs is 1. The molecule has 0 radical (unpaired) electrons. The molecule has 2 aromatic rings. The Morgan fingerprint density at radius 3 is 2.62 bits per heavy atom. The highest BCUT2D eigenvalue weighted by Gasteiger charge is 2.33. The lowest BCUT2D eigenvalue weighted by Gasteiger charge is -2.32. The first kappa shape index (κ1) is 26.4. The lowest BCUT2D eigenvalue weighted by atomic mass is 9.97. The van der Waals surface area contributed by atoms with Crippen LogP contribution >= 0.6 is 0 Å². The molecule has 3 heterocycles. The number of halogens is 1. The van der Waals surface area contributed by atoms with Crippen molar-refractivity contribution >= 4 is 29.5 Å². The number of ether oxygens (including phenoxy) is 4. The van der Waals surface area contributed by atoms with Gasteiger partial charge in [-0.1, -0.05) is 0 Å². The molecule has 2 aliphatic heterocycles. The van der Waals surface area contributed by atoms with E-state index in [2.05, 4.69) is 20.6 Å². The molecule has 1 fully saturated rings. The summed E-state index contributed by atoms with van der Waals surface area (Å²) in [5.74, 6) is 0.503. The van der Waals surface area contributed by atoms with Crippen molar-refractivity contribution in [3.8, 4) is 11.5 Å². The first-order valence-corrected chi connectivity index (χ1v) is 11.8. The van der Waals surface area contributed by atoms with Gasteiger partial charge in [0.1, 0.15) is 17.2 Å². The molecule has 1 saturated heterocycles. The Kier molecular flexibility index (Phi) is 7.42. The number of anilines is 2. The van der Waals surface area contributed by atoms with Crippen molar-refractivity contribution in [2.45, 2.75) is 44.7 Å². The van der Waals surface area contributed by atoms with Crippen LogP contribution in [0.25, 0.3) is 11.6 Å². The second kappa shape index (κ2) is 10.4. The lowest BCUT2D eigenvalue weighted by Crippen LogP contribution is -2.47. The molecular weight excluding hydrogens is 485 g/mol. The fourth-order valence-corrected chi connectivity index (χ4v) is 4.13. The molecule has 1 amide bonds. The van der Waals surface area contributed by atoms with E-state index in [4.69, 9.17) is 18.9 Å². The van der Waals surface area contributed by atoms with Crippen molar-refractivity contribution in [2.24, 2.45) is 0 Å².